The normalized spacial score (nSPS) is 11.7. The van der Waals surface area contributed by atoms with E-state index in [0.29, 0.717) is 6.61 Å². The van der Waals surface area contributed by atoms with Gasteiger partial charge in [-0.15, -0.1) is 0 Å². The Labute approximate surface area is 69.8 Å². The maximum absolute atomic E-state index is 5.24. The van der Waals surface area contributed by atoms with Gasteiger partial charge in [0.15, 0.2) is 0 Å². The van der Waals surface area contributed by atoms with Gasteiger partial charge in [0, 0.05) is 6.61 Å². The molecule has 11 heavy (non-hydrogen) atoms. The Morgan fingerprint density at radius 2 is 2.09 bits per heavy atom. The van der Waals surface area contributed by atoms with Gasteiger partial charge in [-0.3, -0.25) is 0 Å². The maximum atomic E-state index is 5.24. The standard InChI is InChI=1S/C10H18O/c1-5-10(6-2)9(4)8-11-7-3/h5H,4,6-8H2,1-3H3/b10-5+. The molecule has 0 saturated heterocycles. The largest absolute Gasteiger partial charge is 0.377 e. The number of allylic oxidation sites excluding steroid dienone is 1. The second kappa shape index (κ2) is 6.17. The Hall–Kier alpha value is -0.560. The molecule has 1 nitrogen and oxygen atoms in total. The molecule has 0 aromatic carbocycles. The van der Waals surface area contributed by atoms with Gasteiger partial charge in [0.05, 0.1) is 6.61 Å². The summed E-state index contributed by atoms with van der Waals surface area (Å²) >= 11 is 0. The molecule has 0 saturated carbocycles. The summed E-state index contributed by atoms with van der Waals surface area (Å²) in [5.74, 6) is 0. The first kappa shape index (κ1) is 10.4. The summed E-state index contributed by atoms with van der Waals surface area (Å²) in [6.45, 7) is 11.5. The molecule has 0 rings (SSSR count). The fourth-order valence-corrected chi connectivity index (χ4v) is 0.976. The van der Waals surface area contributed by atoms with Crippen molar-refractivity contribution in [1.82, 2.24) is 0 Å². The third kappa shape index (κ3) is 3.99. The molecular formula is C10H18O. The lowest BCUT2D eigenvalue weighted by atomic mass is 10.1. The van der Waals surface area contributed by atoms with Gasteiger partial charge in [-0.25, -0.2) is 0 Å². The quantitative estimate of drug-likeness (QED) is 0.553. The fourth-order valence-electron chi connectivity index (χ4n) is 0.976. The molecule has 0 aliphatic carbocycles. The Kier molecular flexibility index (Phi) is 5.86. The van der Waals surface area contributed by atoms with Gasteiger partial charge >= 0.3 is 0 Å². The van der Waals surface area contributed by atoms with E-state index >= 15 is 0 Å². The summed E-state index contributed by atoms with van der Waals surface area (Å²) in [4.78, 5) is 0. The van der Waals surface area contributed by atoms with Crippen LogP contribution in [0.15, 0.2) is 23.8 Å². The van der Waals surface area contributed by atoms with Crippen molar-refractivity contribution >= 4 is 0 Å². The summed E-state index contributed by atoms with van der Waals surface area (Å²) < 4.78 is 5.24. The average Bonchev–Trinajstić information content (AvgIpc) is 2.03. The van der Waals surface area contributed by atoms with Crippen molar-refractivity contribution in [2.24, 2.45) is 0 Å². The fraction of sp³-hybridized carbons (Fsp3) is 0.600. The van der Waals surface area contributed by atoms with Gasteiger partial charge < -0.3 is 4.74 Å². The molecule has 0 aromatic rings. The molecule has 0 aliphatic heterocycles. The van der Waals surface area contributed by atoms with Crippen LogP contribution in [-0.4, -0.2) is 13.2 Å². The second-order valence-electron chi connectivity index (χ2n) is 2.41. The van der Waals surface area contributed by atoms with E-state index in [2.05, 4.69) is 19.6 Å². The molecule has 0 aliphatic rings. The summed E-state index contributed by atoms with van der Waals surface area (Å²) in [7, 11) is 0. The van der Waals surface area contributed by atoms with Crippen LogP contribution in [0.25, 0.3) is 0 Å². The third-order valence-electron chi connectivity index (χ3n) is 1.66. The van der Waals surface area contributed by atoms with E-state index < -0.39 is 0 Å². The van der Waals surface area contributed by atoms with E-state index in [1.807, 2.05) is 13.8 Å². The highest BCUT2D eigenvalue weighted by molar-refractivity contribution is 5.27. The highest BCUT2D eigenvalue weighted by Crippen LogP contribution is 2.11. The minimum atomic E-state index is 0.671. The molecule has 0 unspecified atom stereocenters. The predicted octanol–water partition coefficient (Wildman–Crippen LogP) is 2.94. The van der Waals surface area contributed by atoms with Crippen LogP contribution in [-0.2, 0) is 4.74 Å². The Morgan fingerprint density at radius 1 is 1.45 bits per heavy atom. The van der Waals surface area contributed by atoms with Gasteiger partial charge in [-0.2, -0.15) is 0 Å². The number of ether oxygens (including phenoxy) is 1. The molecule has 1 heteroatoms. The molecular weight excluding hydrogens is 136 g/mol. The van der Waals surface area contributed by atoms with Gasteiger partial charge in [-0.1, -0.05) is 19.6 Å². The maximum Gasteiger partial charge on any atom is 0.0713 e. The first-order valence-corrected chi connectivity index (χ1v) is 4.17. The van der Waals surface area contributed by atoms with E-state index in [0.717, 1.165) is 18.6 Å². The van der Waals surface area contributed by atoms with E-state index in [1.165, 1.54) is 5.57 Å². The van der Waals surface area contributed by atoms with Crippen LogP contribution in [0.2, 0.25) is 0 Å². The number of rotatable bonds is 5. The average molecular weight is 154 g/mol. The van der Waals surface area contributed by atoms with Crippen molar-refractivity contribution in [2.45, 2.75) is 27.2 Å². The lowest BCUT2D eigenvalue weighted by molar-refractivity contribution is 0.172. The van der Waals surface area contributed by atoms with Crippen LogP contribution in [0.5, 0.6) is 0 Å². The van der Waals surface area contributed by atoms with Crippen LogP contribution in [0, 0.1) is 0 Å². The first-order chi connectivity index (χ1) is 5.26. The lowest BCUT2D eigenvalue weighted by Gasteiger charge is -2.07. The van der Waals surface area contributed by atoms with Gasteiger partial charge in [0.1, 0.15) is 0 Å². The van der Waals surface area contributed by atoms with Crippen LogP contribution >= 0.6 is 0 Å². The molecule has 0 aromatic heterocycles. The molecule has 64 valence electrons. The Balaban J connectivity index is 3.81. The van der Waals surface area contributed by atoms with Crippen molar-refractivity contribution < 1.29 is 4.74 Å². The minimum absolute atomic E-state index is 0.671. The molecule has 0 radical (unpaired) electrons. The van der Waals surface area contributed by atoms with Crippen molar-refractivity contribution in [2.75, 3.05) is 13.2 Å². The van der Waals surface area contributed by atoms with Crippen LogP contribution in [0.4, 0.5) is 0 Å². The van der Waals surface area contributed by atoms with E-state index in [9.17, 15) is 0 Å². The molecule has 0 N–H and O–H groups in total. The van der Waals surface area contributed by atoms with Crippen LogP contribution in [0.3, 0.4) is 0 Å². The molecule has 0 spiro atoms. The first-order valence-electron chi connectivity index (χ1n) is 4.17. The third-order valence-corrected chi connectivity index (χ3v) is 1.66. The predicted molar refractivity (Wildman–Crippen MR) is 49.7 cm³/mol. The number of hydrogen-bond acceptors (Lipinski definition) is 1. The highest BCUT2D eigenvalue weighted by atomic mass is 16.5. The smallest absolute Gasteiger partial charge is 0.0713 e. The summed E-state index contributed by atoms with van der Waals surface area (Å²) in [6, 6.07) is 0. The molecule has 0 bridgehead atoms. The van der Waals surface area contributed by atoms with Crippen molar-refractivity contribution in [1.29, 1.82) is 0 Å². The van der Waals surface area contributed by atoms with Gasteiger partial charge in [-0.05, 0) is 31.4 Å². The molecule has 0 amide bonds. The topological polar surface area (TPSA) is 9.23 Å². The summed E-state index contributed by atoms with van der Waals surface area (Å²) in [5, 5.41) is 0. The van der Waals surface area contributed by atoms with Crippen LogP contribution in [0.1, 0.15) is 27.2 Å². The lowest BCUT2D eigenvalue weighted by Crippen LogP contribution is -1.98. The minimum Gasteiger partial charge on any atom is -0.377 e. The van der Waals surface area contributed by atoms with Gasteiger partial charge in [0.2, 0.25) is 0 Å². The molecule has 0 atom stereocenters. The number of hydrogen-bond donors (Lipinski definition) is 0. The van der Waals surface area contributed by atoms with Crippen molar-refractivity contribution in [3.8, 4) is 0 Å². The van der Waals surface area contributed by atoms with Crippen molar-refractivity contribution in [3.05, 3.63) is 23.8 Å². The molecule has 0 heterocycles. The van der Waals surface area contributed by atoms with E-state index in [1.54, 1.807) is 0 Å². The van der Waals surface area contributed by atoms with Gasteiger partial charge in [0.25, 0.3) is 0 Å². The Bertz CT molecular complexity index is 145. The summed E-state index contributed by atoms with van der Waals surface area (Å²) in [5.41, 5.74) is 2.41. The monoisotopic (exact) mass is 154 g/mol. The SMILES string of the molecule is C=C(COCC)/C(=C/C)CC. The zero-order valence-electron chi connectivity index (χ0n) is 7.81. The summed E-state index contributed by atoms with van der Waals surface area (Å²) in [6.07, 6.45) is 3.14. The zero-order valence-corrected chi connectivity index (χ0v) is 7.81. The zero-order chi connectivity index (χ0) is 8.69. The van der Waals surface area contributed by atoms with E-state index in [-0.39, 0.29) is 0 Å². The van der Waals surface area contributed by atoms with Crippen molar-refractivity contribution in [3.63, 3.8) is 0 Å². The van der Waals surface area contributed by atoms with Crippen LogP contribution < -0.4 is 0 Å². The van der Waals surface area contributed by atoms with E-state index in [4.69, 9.17) is 4.74 Å². The Morgan fingerprint density at radius 3 is 2.45 bits per heavy atom. The molecule has 0 fully saturated rings. The highest BCUT2D eigenvalue weighted by Gasteiger charge is 1.97. The second-order valence-corrected chi connectivity index (χ2v) is 2.41.